The molecule has 3 rings (SSSR count). The van der Waals surface area contributed by atoms with Crippen molar-refractivity contribution in [3.8, 4) is 0 Å². The number of likely N-dealkylation sites (tertiary alicyclic amines) is 1. The summed E-state index contributed by atoms with van der Waals surface area (Å²) in [6.45, 7) is 1.77. The Balaban J connectivity index is 0.000001000. The number of aryl methyl sites for hydroxylation is 1. The molecule has 1 amide bonds. The third-order valence-corrected chi connectivity index (χ3v) is 3.99. The molecule has 2 saturated heterocycles. The molecule has 2 fully saturated rings. The first-order valence-corrected chi connectivity index (χ1v) is 6.72. The number of hydrogen-bond donors (Lipinski definition) is 1. The third kappa shape index (κ3) is 3.87. The Morgan fingerprint density at radius 3 is 2.80 bits per heavy atom. The Kier molecular flexibility index (Phi) is 6.30. The summed E-state index contributed by atoms with van der Waals surface area (Å²) in [6.07, 6.45) is 7.75. The van der Waals surface area contributed by atoms with Crippen molar-refractivity contribution >= 4 is 30.7 Å². The Morgan fingerprint density at radius 1 is 1.35 bits per heavy atom. The van der Waals surface area contributed by atoms with Crippen molar-refractivity contribution in [2.45, 2.75) is 37.8 Å². The standard InChI is InChI=1S/C13H20N4O.2ClH/c1-16-8-10(7-14-16)6-13(18)17-5-4-11-2-3-12(9-17)15-11;;/h7-8,11-12,15H,2-6,9H2,1H3;2*1H. The lowest BCUT2D eigenvalue weighted by molar-refractivity contribution is -0.130. The van der Waals surface area contributed by atoms with Gasteiger partial charge in [0.25, 0.3) is 0 Å². The van der Waals surface area contributed by atoms with Gasteiger partial charge in [0.05, 0.1) is 12.6 Å². The molecular formula is C13H22Cl2N4O. The SMILES string of the molecule is Cl.Cl.Cn1cc(CC(=O)N2CCC3CCC(C2)N3)cn1. The van der Waals surface area contributed by atoms with E-state index in [1.54, 1.807) is 10.9 Å². The summed E-state index contributed by atoms with van der Waals surface area (Å²) in [5.41, 5.74) is 1.00. The number of halogens is 2. The predicted molar refractivity (Wildman–Crippen MR) is 82.6 cm³/mol. The second-order valence-corrected chi connectivity index (χ2v) is 5.47. The van der Waals surface area contributed by atoms with Gasteiger partial charge in [-0.2, -0.15) is 5.10 Å². The molecule has 7 heteroatoms. The summed E-state index contributed by atoms with van der Waals surface area (Å²) < 4.78 is 1.74. The van der Waals surface area contributed by atoms with Gasteiger partial charge in [-0.1, -0.05) is 0 Å². The van der Waals surface area contributed by atoms with Crippen LogP contribution in [0.4, 0.5) is 0 Å². The topological polar surface area (TPSA) is 50.2 Å². The van der Waals surface area contributed by atoms with Gasteiger partial charge >= 0.3 is 0 Å². The van der Waals surface area contributed by atoms with E-state index < -0.39 is 0 Å². The maximum absolute atomic E-state index is 12.3. The summed E-state index contributed by atoms with van der Waals surface area (Å²) in [4.78, 5) is 14.3. The molecule has 1 aromatic rings. The van der Waals surface area contributed by atoms with Gasteiger partial charge < -0.3 is 10.2 Å². The lowest BCUT2D eigenvalue weighted by Gasteiger charge is -2.24. The summed E-state index contributed by atoms with van der Waals surface area (Å²) in [6, 6.07) is 1.14. The monoisotopic (exact) mass is 320 g/mol. The van der Waals surface area contributed by atoms with Crippen molar-refractivity contribution in [3.05, 3.63) is 18.0 Å². The van der Waals surface area contributed by atoms with E-state index in [2.05, 4.69) is 10.4 Å². The number of fused-ring (bicyclic) bond motifs is 2. The maximum Gasteiger partial charge on any atom is 0.227 e. The predicted octanol–water partition coefficient (Wildman–Crippen LogP) is 1.16. The highest BCUT2D eigenvalue weighted by atomic mass is 35.5. The van der Waals surface area contributed by atoms with Gasteiger partial charge in [0.2, 0.25) is 5.91 Å². The van der Waals surface area contributed by atoms with Gasteiger partial charge in [0.1, 0.15) is 0 Å². The number of carbonyl (C=O) groups is 1. The molecule has 0 aromatic carbocycles. The smallest absolute Gasteiger partial charge is 0.227 e. The van der Waals surface area contributed by atoms with Gasteiger partial charge in [0.15, 0.2) is 0 Å². The molecular weight excluding hydrogens is 299 g/mol. The van der Waals surface area contributed by atoms with Crippen LogP contribution in [0.5, 0.6) is 0 Å². The molecule has 20 heavy (non-hydrogen) atoms. The molecule has 1 N–H and O–H groups in total. The number of rotatable bonds is 2. The van der Waals surface area contributed by atoms with Crippen molar-refractivity contribution in [2.24, 2.45) is 7.05 Å². The van der Waals surface area contributed by atoms with Gasteiger partial charge in [-0.3, -0.25) is 9.48 Å². The molecule has 5 nitrogen and oxygen atoms in total. The minimum absolute atomic E-state index is 0. The van der Waals surface area contributed by atoms with Crippen molar-refractivity contribution in [1.29, 1.82) is 0 Å². The second-order valence-electron chi connectivity index (χ2n) is 5.47. The number of carbonyl (C=O) groups excluding carboxylic acids is 1. The van der Waals surface area contributed by atoms with Gasteiger partial charge in [-0.05, 0) is 24.8 Å². The zero-order valence-corrected chi connectivity index (χ0v) is 13.3. The van der Waals surface area contributed by atoms with E-state index in [0.29, 0.717) is 18.5 Å². The highest BCUT2D eigenvalue weighted by Crippen LogP contribution is 2.20. The van der Waals surface area contributed by atoms with Gasteiger partial charge in [-0.15, -0.1) is 24.8 Å². The van der Waals surface area contributed by atoms with Gasteiger partial charge in [0, 0.05) is 38.4 Å². The van der Waals surface area contributed by atoms with Crippen LogP contribution in [0.25, 0.3) is 0 Å². The first-order chi connectivity index (χ1) is 8.70. The number of nitrogens with zero attached hydrogens (tertiary/aromatic N) is 3. The molecule has 2 bridgehead atoms. The Labute approximate surface area is 131 Å². The summed E-state index contributed by atoms with van der Waals surface area (Å²) in [5, 5.41) is 7.70. The van der Waals surface area contributed by atoms with E-state index in [1.165, 1.54) is 12.8 Å². The second kappa shape index (κ2) is 7.29. The highest BCUT2D eigenvalue weighted by Gasteiger charge is 2.30. The minimum atomic E-state index is 0. The molecule has 0 radical (unpaired) electrons. The quantitative estimate of drug-likeness (QED) is 0.889. The molecule has 2 atom stereocenters. The Morgan fingerprint density at radius 2 is 2.10 bits per heavy atom. The normalized spacial score (nSPS) is 24.6. The zero-order valence-electron chi connectivity index (χ0n) is 11.6. The third-order valence-electron chi connectivity index (χ3n) is 3.99. The fourth-order valence-electron chi connectivity index (χ4n) is 3.02. The van der Waals surface area contributed by atoms with E-state index >= 15 is 0 Å². The van der Waals surface area contributed by atoms with Crippen molar-refractivity contribution in [1.82, 2.24) is 20.0 Å². The molecule has 3 heterocycles. The molecule has 1 aromatic heterocycles. The van der Waals surface area contributed by atoms with E-state index in [4.69, 9.17) is 0 Å². The minimum Gasteiger partial charge on any atom is -0.341 e. The van der Waals surface area contributed by atoms with Gasteiger partial charge in [-0.25, -0.2) is 0 Å². The molecule has 2 aliphatic heterocycles. The molecule has 2 aliphatic rings. The van der Waals surface area contributed by atoms with E-state index in [0.717, 1.165) is 25.1 Å². The van der Waals surface area contributed by atoms with E-state index in [-0.39, 0.29) is 30.7 Å². The average molecular weight is 321 g/mol. The molecule has 0 saturated carbocycles. The van der Waals surface area contributed by atoms with Crippen LogP contribution in [0, 0.1) is 0 Å². The van der Waals surface area contributed by atoms with Crippen LogP contribution in [0.1, 0.15) is 24.8 Å². The van der Waals surface area contributed by atoms with Crippen LogP contribution in [0.15, 0.2) is 12.4 Å². The molecule has 0 aliphatic carbocycles. The zero-order chi connectivity index (χ0) is 12.5. The van der Waals surface area contributed by atoms with E-state index in [1.807, 2.05) is 18.1 Å². The van der Waals surface area contributed by atoms with Crippen molar-refractivity contribution in [2.75, 3.05) is 13.1 Å². The molecule has 114 valence electrons. The summed E-state index contributed by atoms with van der Waals surface area (Å²) >= 11 is 0. The Bertz CT molecular complexity index is 451. The average Bonchev–Trinajstić information content (AvgIpc) is 2.85. The number of aromatic nitrogens is 2. The van der Waals surface area contributed by atoms with Crippen molar-refractivity contribution in [3.63, 3.8) is 0 Å². The van der Waals surface area contributed by atoms with Crippen LogP contribution >= 0.6 is 24.8 Å². The number of amides is 1. The fraction of sp³-hybridized carbons (Fsp3) is 0.692. The summed E-state index contributed by atoms with van der Waals surface area (Å²) in [7, 11) is 1.88. The lowest BCUT2D eigenvalue weighted by Crippen LogP contribution is -2.39. The fourth-order valence-corrected chi connectivity index (χ4v) is 3.02. The van der Waals surface area contributed by atoms with E-state index in [9.17, 15) is 4.79 Å². The van der Waals surface area contributed by atoms with Crippen LogP contribution in [-0.4, -0.2) is 45.8 Å². The lowest BCUT2D eigenvalue weighted by atomic mass is 10.1. The maximum atomic E-state index is 12.3. The van der Waals surface area contributed by atoms with Crippen LogP contribution < -0.4 is 5.32 Å². The molecule has 2 unspecified atom stereocenters. The van der Waals surface area contributed by atoms with Crippen LogP contribution in [0.2, 0.25) is 0 Å². The number of hydrogen-bond acceptors (Lipinski definition) is 3. The van der Waals surface area contributed by atoms with Crippen LogP contribution in [-0.2, 0) is 18.3 Å². The highest BCUT2D eigenvalue weighted by molar-refractivity contribution is 5.85. The largest absolute Gasteiger partial charge is 0.341 e. The molecule has 0 spiro atoms. The van der Waals surface area contributed by atoms with Crippen LogP contribution in [0.3, 0.4) is 0 Å². The number of nitrogens with one attached hydrogen (secondary N) is 1. The first-order valence-electron chi connectivity index (χ1n) is 6.72. The first kappa shape index (κ1) is 17.3. The summed E-state index contributed by atoms with van der Waals surface area (Å²) in [5.74, 6) is 0.234. The van der Waals surface area contributed by atoms with Crippen molar-refractivity contribution < 1.29 is 4.79 Å². The Hall–Kier alpha value is -0.780.